The molecule has 102 valence electrons. The van der Waals surface area contributed by atoms with Crippen LogP contribution in [0.25, 0.3) is 11.0 Å². The summed E-state index contributed by atoms with van der Waals surface area (Å²) in [6.07, 6.45) is 6.55. The van der Waals surface area contributed by atoms with E-state index in [0.29, 0.717) is 12.0 Å². The molecule has 19 heavy (non-hydrogen) atoms. The summed E-state index contributed by atoms with van der Waals surface area (Å²) in [5.74, 6) is 1.71. The van der Waals surface area contributed by atoms with Gasteiger partial charge in [0, 0.05) is 17.3 Å². The fourth-order valence-electron chi connectivity index (χ4n) is 3.34. The van der Waals surface area contributed by atoms with Gasteiger partial charge in [0.1, 0.15) is 11.3 Å². The normalized spacial score (nSPS) is 24.5. The average molecular weight is 257 g/mol. The van der Waals surface area contributed by atoms with E-state index >= 15 is 0 Å². The molecule has 2 atom stereocenters. The smallest absolute Gasteiger partial charge is 0.134 e. The summed E-state index contributed by atoms with van der Waals surface area (Å²) in [7, 11) is 0. The SMILES string of the molecule is CCNC1CCCCCC1c1cc2ccccc2o1. The van der Waals surface area contributed by atoms with Gasteiger partial charge in [0.15, 0.2) is 0 Å². The lowest BCUT2D eigenvalue weighted by Crippen LogP contribution is -2.33. The third-order valence-corrected chi connectivity index (χ3v) is 4.29. The number of rotatable bonds is 3. The Morgan fingerprint density at radius 2 is 2.00 bits per heavy atom. The van der Waals surface area contributed by atoms with Crippen LogP contribution in [0.2, 0.25) is 0 Å². The summed E-state index contributed by atoms with van der Waals surface area (Å²) in [6.45, 7) is 3.24. The number of benzene rings is 1. The Labute approximate surface area is 115 Å². The van der Waals surface area contributed by atoms with Crippen LogP contribution in [0.3, 0.4) is 0 Å². The number of nitrogens with one attached hydrogen (secondary N) is 1. The van der Waals surface area contributed by atoms with Crippen molar-refractivity contribution in [2.45, 2.75) is 51.0 Å². The molecule has 1 aliphatic rings. The Balaban J connectivity index is 1.91. The van der Waals surface area contributed by atoms with Crippen molar-refractivity contribution < 1.29 is 4.42 Å². The Kier molecular flexibility index (Phi) is 3.88. The van der Waals surface area contributed by atoms with Crippen molar-refractivity contribution in [3.8, 4) is 0 Å². The van der Waals surface area contributed by atoms with E-state index in [-0.39, 0.29) is 0 Å². The molecule has 1 aliphatic carbocycles. The summed E-state index contributed by atoms with van der Waals surface area (Å²) in [5, 5.41) is 4.89. The molecular weight excluding hydrogens is 234 g/mol. The minimum atomic E-state index is 0.537. The van der Waals surface area contributed by atoms with Crippen molar-refractivity contribution in [1.82, 2.24) is 5.32 Å². The lowest BCUT2D eigenvalue weighted by atomic mass is 9.92. The van der Waals surface area contributed by atoms with Gasteiger partial charge in [-0.15, -0.1) is 0 Å². The van der Waals surface area contributed by atoms with Crippen LogP contribution in [-0.2, 0) is 0 Å². The second kappa shape index (κ2) is 5.79. The van der Waals surface area contributed by atoms with Gasteiger partial charge in [-0.1, -0.05) is 44.4 Å². The highest BCUT2D eigenvalue weighted by atomic mass is 16.3. The Morgan fingerprint density at radius 1 is 1.16 bits per heavy atom. The molecule has 1 heterocycles. The van der Waals surface area contributed by atoms with Crippen molar-refractivity contribution in [1.29, 1.82) is 0 Å². The maximum atomic E-state index is 6.10. The number of hydrogen-bond acceptors (Lipinski definition) is 2. The Bertz CT molecular complexity index is 498. The molecule has 3 rings (SSSR count). The van der Waals surface area contributed by atoms with Crippen LogP contribution in [0.5, 0.6) is 0 Å². The molecule has 0 saturated heterocycles. The maximum absolute atomic E-state index is 6.10. The van der Waals surface area contributed by atoms with Crippen molar-refractivity contribution in [3.63, 3.8) is 0 Å². The third-order valence-electron chi connectivity index (χ3n) is 4.29. The van der Waals surface area contributed by atoms with Gasteiger partial charge in [0.05, 0.1) is 0 Å². The minimum absolute atomic E-state index is 0.537. The second-order valence-corrected chi connectivity index (χ2v) is 5.60. The Morgan fingerprint density at radius 3 is 2.84 bits per heavy atom. The lowest BCUT2D eigenvalue weighted by Gasteiger charge is -2.24. The highest BCUT2D eigenvalue weighted by molar-refractivity contribution is 5.77. The van der Waals surface area contributed by atoms with E-state index in [0.717, 1.165) is 12.1 Å². The van der Waals surface area contributed by atoms with E-state index in [2.05, 4.69) is 36.5 Å². The predicted molar refractivity (Wildman–Crippen MR) is 79.5 cm³/mol. The van der Waals surface area contributed by atoms with E-state index in [9.17, 15) is 0 Å². The van der Waals surface area contributed by atoms with Gasteiger partial charge in [-0.3, -0.25) is 0 Å². The molecule has 0 spiro atoms. The quantitative estimate of drug-likeness (QED) is 0.821. The fourth-order valence-corrected chi connectivity index (χ4v) is 3.34. The van der Waals surface area contributed by atoms with Crippen molar-refractivity contribution in [2.24, 2.45) is 0 Å². The summed E-state index contributed by atoms with van der Waals surface area (Å²) in [4.78, 5) is 0. The summed E-state index contributed by atoms with van der Waals surface area (Å²) >= 11 is 0. The zero-order chi connectivity index (χ0) is 13.1. The first-order valence-corrected chi connectivity index (χ1v) is 7.60. The summed E-state index contributed by atoms with van der Waals surface area (Å²) < 4.78 is 6.10. The standard InChI is InChI=1S/C17H23NO/c1-2-18-15-10-5-3-4-9-14(15)17-12-13-8-6-7-11-16(13)19-17/h6-8,11-12,14-15,18H,2-5,9-10H2,1H3. The minimum Gasteiger partial charge on any atom is -0.461 e. The zero-order valence-electron chi connectivity index (χ0n) is 11.7. The molecule has 2 aromatic rings. The van der Waals surface area contributed by atoms with E-state index < -0.39 is 0 Å². The predicted octanol–water partition coefficient (Wildman–Crippen LogP) is 4.46. The summed E-state index contributed by atoms with van der Waals surface area (Å²) in [5.41, 5.74) is 1.02. The van der Waals surface area contributed by atoms with E-state index in [1.54, 1.807) is 0 Å². The van der Waals surface area contributed by atoms with Crippen molar-refractivity contribution in [2.75, 3.05) is 6.54 Å². The molecule has 0 bridgehead atoms. The monoisotopic (exact) mass is 257 g/mol. The van der Waals surface area contributed by atoms with Crippen LogP contribution >= 0.6 is 0 Å². The second-order valence-electron chi connectivity index (χ2n) is 5.60. The number of furan rings is 1. The number of likely N-dealkylation sites (N-methyl/N-ethyl adjacent to an activating group) is 1. The molecule has 1 aromatic carbocycles. The van der Waals surface area contributed by atoms with Gasteiger partial charge in [0.2, 0.25) is 0 Å². The highest BCUT2D eigenvalue weighted by Crippen LogP contribution is 2.35. The van der Waals surface area contributed by atoms with Crippen LogP contribution < -0.4 is 5.32 Å². The molecule has 2 heteroatoms. The summed E-state index contributed by atoms with van der Waals surface area (Å²) in [6, 6.07) is 11.2. The topological polar surface area (TPSA) is 25.2 Å². The van der Waals surface area contributed by atoms with Crippen molar-refractivity contribution >= 4 is 11.0 Å². The van der Waals surface area contributed by atoms with Crippen LogP contribution in [0, 0.1) is 0 Å². The van der Waals surface area contributed by atoms with Crippen LogP contribution in [-0.4, -0.2) is 12.6 Å². The Hall–Kier alpha value is -1.28. The molecule has 1 fully saturated rings. The third kappa shape index (κ3) is 2.69. The number of fused-ring (bicyclic) bond motifs is 1. The van der Waals surface area contributed by atoms with Gasteiger partial charge in [0.25, 0.3) is 0 Å². The average Bonchev–Trinajstić information content (AvgIpc) is 2.72. The number of para-hydroxylation sites is 1. The largest absolute Gasteiger partial charge is 0.461 e. The maximum Gasteiger partial charge on any atom is 0.134 e. The molecule has 2 nitrogen and oxygen atoms in total. The van der Waals surface area contributed by atoms with Crippen LogP contribution in [0.15, 0.2) is 34.7 Å². The van der Waals surface area contributed by atoms with E-state index in [1.807, 2.05) is 6.07 Å². The van der Waals surface area contributed by atoms with Gasteiger partial charge < -0.3 is 9.73 Å². The molecule has 1 aromatic heterocycles. The molecule has 2 unspecified atom stereocenters. The van der Waals surface area contributed by atoms with Gasteiger partial charge in [-0.2, -0.15) is 0 Å². The van der Waals surface area contributed by atoms with Gasteiger partial charge in [-0.25, -0.2) is 0 Å². The van der Waals surface area contributed by atoms with Gasteiger partial charge in [-0.05, 0) is 31.5 Å². The molecule has 1 N–H and O–H groups in total. The molecular formula is C17H23NO. The van der Waals surface area contributed by atoms with Crippen molar-refractivity contribution in [3.05, 3.63) is 36.1 Å². The zero-order valence-corrected chi connectivity index (χ0v) is 11.7. The molecule has 0 aliphatic heterocycles. The lowest BCUT2D eigenvalue weighted by molar-refractivity contribution is 0.369. The van der Waals surface area contributed by atoms with E-state index in [1.165, 1.54) is 43.3 Å². The van der Waals surface area contributed by atoms with Crippen LogP contribution in [0.4, 0.5) is 0 Å². The van der Waals surface area contributed by atoms with E-state index in [4.69, 9.17) is 4.42 Å². The fraction of sp³-hybridized carbons (Fsp3) is 0.529. The molecule has 0 amide bonds. The molecule has 0 radical (unpaired) electrons. The molecule has 1 saturated carbocycles. The van der Waals surface area contributed by atoms with Gasteiger partial charge >= 0.3 is 0 Å². The first-order chi connectivity index (χ1) is 9.38. The first-order valence-electron chi connectivity index (χ1n) is 7.60. The first kappa shape index (κ1) is 12.7. The highest BCUT2D eigenvalue weighted by Gasteiger charge is 2.27. The van der Waals surface area contributed by atoms with Crippen LogP contribution in [0.1, 0.15) is 50.7 Å². The number of hydrogen-bond donors (Lipinski definition) is 1.